The lowest BCUT2D eigenvalue weighted by Gasteiger charge is -2.43. The number of hydrogen-bond acceptors (Lipinski definition) is 6. The van der Waals surface area contributed by atoms with E-state index in [4.69, 9.17) is 5.73 Å². The Kier molecular flexibility index (Phi) is 5.60. The van der Waals surface area contributed by atoms with E-state index in [1.165, 1.54) is 19.3 Å². The monoisotopic (exact) mass is 472 g/mol. The zero-order chi connectivity index (χ0) is 23.9. The van der Waals surface area contributed by atoms with E-state index in [0.717, 1.165) is 55.5 Å². The highest BCUT2D eigenvalue weighted by atomic mass is 19.1. The second-order valence-electron chi connectivity index (χ2n) is 9.63. The van der Waals surface area contributed by atoms with E-state index in [-0.39, 0.29) is 17.4 Å². The van der Waals surface area contributed by atoms with Crippen molar-refractivity contribution in [3.63, 3.8) is 0 Å². The van der Waals surface area contributed by atoms with Gasteiger partial charge < -0.3 is 16.0 Å². The van der Waals surface area contributed by atoms with Crippen molar-refractivity contribution in [2.24, 2.45) is 0 Å². The quantitative estimate of drug-likeness (QED) is 0.605. The molecule has 0 radical (unpaired) electrons. The van der Waals surface area contributed by atoms with Crippen LogP contribution in [0.2, 0.25) is 0 Å². The number of piperazine rings is 1. The molecular weight excluding hydrogens is 443 g/mol. The highest BCUT2D eigenvalue weighted by molar-refractivity contribution is 5.97. The fourth-order valence-corrected chi connectivity index (χ4v) is 5.33. The molecule has 35 heavy (non-hydrogen) atoms. The van der Waals surface area contributed by atoms with E-state index < -0.39 is 5.95 Å². The maximum absolute atomic E-state index is 14.8. The summed E-state index contributed by atoms with van der Waals surface area (Å²) < 4.78 is 14.8. The molecule has 3 N–H and O–H groups in total. The van der Waals surface area contributed by atoms with Crippen LogP contribution in [0.5, 0.6) is 0 Å². The fraction of sp³-hybridized carbons (Fsp3) is 0.370. The van der Waals surface area contributed by atoms with Gasteiger partial charge in [0.05, 0.1) is 0 Å². The topological polar surface area (TPSA) is 87.4 Å². The van der Waals surface area contributed by atoms with Crippen molar-refractivity contribution < 1.29 is 9.18 Å². The van der Waals surface area contributed by atoms with Gasteiger partial charge in [-0.3, -0.25) is 9.69 Å². The number of nitrogens with one attached hydrogen (secondary N) is 1. The van der Waals surface area contributed by atoms with E-state index in [0.29, 0.717) is 23.4 Å². The van der Waals surface area contributed by atoms with E-state index in [1.807, 2.05) is 30.3 Å². The molecule has 2 aromatic carbocycles. The predicted molar refractivity (Wildman–Crippen MR) is 135 cm³/mol. The van der Waals surface area contributed by atoms with Crippen LogP contribution in [-0.2, 0) is 6.42 Å². The number of carbonyl (C=O) groups is 1. The molecule has 1 saturated heterocycles. The largest absolute Gasteiger partial charge is 0.382 e. The molecule has 3 aromatic rings. The maximum Gasteiger partial charge on any atom is 0.251 e. The Hall–Kier alpha value is -3.52. The molecule has 3 heterocycles. The molecule has 2 aliphatic heterocycles. The first-order valence-electron chi connectivity index (χ1n) is 12.4. The Bertz CT molecular complexity index is 1270. The minimum atomic E-state index is -0.689. The normalized spacial score (nSPS) is 18.7. The van der Waals surface area contributed by atoms with Gasteiger partial charge in [-0.2, -0.15) is 9.37 Å². The molecule has 1 amide bonds. The van der Waals surface area contributed by atoms with Crippen LogP contribution < -0.4 is 16.0 Å². The molecule has 1 aromatic heterocycles. The Morgan fingerprint density at radius 2 is 1.69 bits per heavy atom. The maximum atomic E-state index is 14.8. The lowest BCUT2D eigenvalue weighted by molar-refractivity contribution is 0.0946. The number of amides is 1. The highest BCUT2D eigenvalue weighted by Gasteiger charge is 2.28. The molecule has 0 atom stereocenters. The molecule has 2 fully saturated rings. The zero-order valence-electron chi connectivity index (χ0n) is 19.6. The first-order chi connectivity index (χ1) is 17.1. The predicted octanol–water partition coefficient (Wildman–Crippen LogP) is 3.49. The Morgan fingerprint density at radius 3 is 2.40 bits per heavy atom. The number of hydrogen-bond donors (Lipinski definition) is 2. The number of halogens is 1. The number of carbonyl (C=O) groups excluding carboxylic acids is 1. The van der Waals surface area contributed by atoms with Gasteiger partial charge in [0.1, 0.15) is 11.4 Å². The van der Waals surface area contributed by atoms with E-state index >= 15 is 0 Å². The molecule has 1 aliphatic carbocycles. The zero-order valence-corrected chi connectivity index (χ0v) is 19.6. The lowest BCUT2D eigenvalue weighted by atomic mass is 9.91. The Morgan fingerprint density at radius 1 is 0.943 bits per heavy atom. The number of nitrogens with two attached hydrogens (primary N) is 1. The smallest absolute Gasteiger partial charge is 0.251 e. The van der Waals surface area contributed by atoms with E-state index in [1.54, 1.807) is 12.1 Å². The van der Waals surface area contributed by atoms with Gasteiger partial charge in [0.25, 0.3) is 5.91 Å². The van der Waals surface area contributed by atoms with Gasteiger partial charge in [-0.15, -0.1) is 0 Å². The first-order valence-corrected chi connectivity index (χ1v) is 12.4. The molecular formula is C27H29FN6O. The van der Waals surface area contributed by atoms with Crippen LogP contribution in [0.15, 0.2) is 42.5 Å². The van der Waals surface area contributed by atoms with Gasteiger partial charge in [0.2, 0.25) is 5.95 Å². The third-order valence-corrected chi connectivity index (χ3v) is 7.59. The van der Waals surface area contributed by atoms with Crippen molar-refractivity contribution in [3.05, 3.63) is 59.5 Å². The molecule has 3 aliphatic rings. The van der Waals surface area contributed by atoms with Crippen LogP contribution >= 0.6 is 0 Å². The Balaban J connectivity index is 1.24. The minimum Gasteiger partial charge on any atom is -0.382 e. The first kappa shape index (κ1) is 22.0. The van der Waals surface area contributed by atoms with Crippen molar-refractivity contribution in [2.45, 2.75) is 31.7 Å². The molecule has 7 nitrogen and oxygen atoms in total. The second-order valence-corrected chi connectivity index (χ2v) is 9.63. The average molecular weight is 473 g/mol. The van der Waals surface area contributed by atoms with E-state index in [9.17, 15) is 9.18 Å². The molecule has 8 heteroatoms. The Labute approximate surface area is 204 Å². The third kappa shape index (κ3) is 4.12. The molecule has 0 spiro atoms. The number of rotatable bonds is 4. The summed E-state index contributed by atoms with van der Waals surface area (Å²) in [5, 5.41) is 2.84. The summed E-state index contributed by atoms with van der Waals surface area (Å²) in [6.07, 6.45) is 4.77. The van der Waals surface area contributed by atoms with E-state index in [2.05, 4.69) is 25.1 Å². The van der Waals surface area contributed by atoms with Gasteiger partial charge in [0, 0.05) is 61.1 Å². The molecule has 6 rings (SSSR count). The molecule has 180 valence electrons. The average Bonchev–Trinajstić information content (AvgIpc) is 2.84. The summed E-state index contributed by atoms with van der Waals surface area (Å²) in [4.78, 5) is 25.6. The van der Waals surface area contributed by atoms with Crippen molar-refractivity contribution in [3.8, 4) is 22.5 Å². The summed E-state index contributed by atoms with van der Waals surface area (Å²) >= 11 is 0. The summed E-state index contributed by atoms with van der Waals surface area (Å²) in [7, 11) is 0. The van der Waals surface area contributed by atoms with Crippen molar-refractivity contribution >= 4 is 17.4 Å². The van der Waals surface area contributed by atoms with Crippen molar-refractivity contribution in [1.29, 1.82) is 0 Å². The summed E-state index contributed by atoms with van der Waals surface area (Å²) in [6, 6.07) is 14.1. The van der Waals surface area contributed by atoms with Crippen LogP contribution in [0.4, 0.5) is 15.9 Å². The van der Waals surface area contributed by atoms with Crippen molar-refractivity contribution in [2.75, 3.05) is 43.4 Å². The van der Waals surface area contributed by atoms with Gasteiger partial charge >= 0.3 is 0 Å². The molecule has 0 unspecified atom stereocenters. The van der Waals surface area contributed by atoms with Crippen LogP contribution in [0.25, 0.3) is 22.5 Å². The van der Waals surface area contributed by atoms with Crippen LogP contribution in [-0.4, -0.2) is 59.5 Å². The highest BCUT2D eigenvalue weighted by Crippen LogP contribution is 2.32. The van der Waals surface area contributed by atoms with Crippen LogP contribution in [0.3, 0.4) is 0 Å². The van der Waals surface area contributed by atoms with Crippen LogP contribution in [0, 0.1) is 5.95 Å². The second kappa shape index (κ2) is 8.92. The minimum absolute atomic E-state index is 0.0346. The number of nitrogens with zero attached hydrogens (tertiary/aromatic N) is 4. The summed E-state index contributed by atoms with van der Waals surface area (Å²) in [5.41, 5.74) is 10.8. The summed E-state index contributed by atoms with van der Waals surface area (Å²) in [5.74, 6) is -0.737. The lowest BCUT2D eigenvalue weighted by Crippen LogP contribution is -2.52. The number of benzene rings is 2. The van der Waals surface area contributed by atoms with Gasteiger partial charge in [0.15, 0.2) is 5.82 Å². The SMILES string of the molecule is Nc1nc(F)c(-c2ccc(N3CCN(C4CCC4)CC3)cc2)nc1-c1ccc2c(c1)CCNC2=O. The number of nitrogen functional groups attached to an aromatic ring is 1. The van der Waals surface area contributed by atoms with Gasteiger partial charge in [-0.25, -0.2) is 4.98 Å². The third-order valence-electron chi connectivity index (χ3n) is 7.59. The number of anilines is 2. The van der Waals surface area contributed by atoms with Crippen molar-refractivity contribution in [1.82, 2.24) is 20.2 Å². The summed E-state index contributed by atoms with van der Waals surface area (Å²) in [6.45, 7) is 4.79. The van der Waals surface area contributed by atoms with Gasteiger partial charge in [-0.05, 0) is 49.1 Å². The molecule has 1 saturated carbocycles. The fourth-order valence-electron chi connectivity index (χ4n) is 5.33. The van der Waals surface area contributed by atoms with Crippen LogP contribution in [0.1, 0.15) is 35.2 Å². The standard InChI is InChI=1S/C27H29FN6O/c28-25-23(17-4-7-21(8-5-17)34-14-12-33(13-15-34)20-2-1-3-20)31-24(26(29)32-25)19-6-9-22-18(16-19)10-11-30-27(22)35/h4-9,16,20H,1-3,10-15H2,(H2,29,32)(H,30,35). The number of fused-ring (bicyclic) bond motifs is 1. The van der Waals surface area contributed by atoms with Gasteiger partial charge in [-0.1, -0.05) is 24.6 Å². The number of aromatic nitrogens is 2. The molecule has 0 bridgehead atoms.